The third kappa shape index (κ3) is 3.10. The molecule has 3 aromatic carbocycles. The minimum absolute atomic E-state index is 0.621. The van der Waals surface area contributed by atoms with E-state index >= 15 is 0 Å². The Morgan fingerprint density at radius 3 is 1.13 bits per heavy atom. The summed E-state index contributed by atoms with van der Waals surface area (Å²) in [6, 6.07) is 33.1. The monoisotopic (exact) mass is 299 g/mol. The van der Waals surface area contributed by atoms with Gasteiger partial charge in [0.2, 0.25) is 0 Å². The molecule has 0 aliphatic carbocycles. The van der Waals surface area contributed by atoms with Crippen molar-refractivity contribution in [2.75, 3.05) is 0 Å². The molecule has 0 atom stereocenters. The number of hydrogen-bond acceptors (Lipinski definition) is 0. The second-order valence-corrected chi connectivity index (χ2v) is 6.91. The first kappa shape index (κ1) is 15.6. The third-order valence-electron chi connectivity index (χ3n) is 4.93. The Labute approximate surface area is 140 Å². The van der Waals surface area contributed by atoms with Gasteiger partial charge in [-0.05, 0) is 0 Å². The van der Waals surface area contributed by atoms with Crippen LogP contribution in [-0.2, 0) is 0 Å². The summed E-state index contributed by atoms with van der Waals surface area (Å²) in [5.74, 6) is 0.621. The van der Waals surface area contributed by atoms with Gasteiger partial charge in [-0.15, -0.1) is 0 Å². The average molecular weight is 299 g/mol. The number of benzene rings is 3. The highest BCUT2D eigenvalue weighted by molar-refractivity contribution is 7.11. The molecule has 0 aliphatic heterocycles. The van der Waals surface area contributed by atoms with Crippen LogP contribution < -0.4 is 16.4 Å². The van der Waals surface area contributed by atoms with Crippen LogP contribution in [-0.4, -0.2) is 6.15 Å². The Hall–Kier alpha value is -2.28. The van der Waals surface area contributed by atoms with E-state index < -0.39 is 6.15 Å². The van der Waals surface area contributed by atoms with Gasteiger partial charge in [0.05, 0.1) is 6.15 Å². The Kier molecular flexibility index (Phi) is 4.66. The highest BCUT2D eigenvalue weighted by atomic mass is 14.1. The van der Waals surface area contributed by atoms with Gasteiger partial charge >= 0.3 is 0 Å². The van der Waals surface area contributed by atoms with Crippen LogP contribution in [0.1, 0.15) is 13.8 Å². The van der Waals surface area contributed by atoms with E-state index in [0.717, 1.165) is 6.32 Å². The van der Waals surface area contributed by atoms with Gasteiger partial charge in [-0.1, -0.05) is 111 Å². The minimum Gasteiger partial charge on any atom is -0.200 e. The van der Waals surface area contributed by atoms with Crippen LogP contribution in [0.4, 0.5) is 0 Å². The molecular weight excluding hydrogens is 275 g/mol. The molecule has 0 nitrogen and oxygen atoms in total. The van der Waals surface area contributed by atoms with Crippen LogP contribution >= 0.6 is 0 Å². The third-order valence-corrected chi connectivity index (χ3v) is 4.93. The van der Waals surface area contributed by atoms with E-state index in [1.807, 2.05) is 0 Å². The van der Waals surface area contributed by atoms with E-state index in [-0.39, 0.29) is 0 Å². The van der Waals surface area contributed by atoms with Crippen LogP contribution in [0.2, 0.25) is 6.32 Å². The normalized spacial score (nSPS) is 11.6. The molecule has 0 spiro atoms. The molecule has 0 heterocycles. The maximum atomic E-state index is 2.32. The maximum Gasteiger partial charge on any atom is 0.0817 e. The average Bonchev–Trinajstić information content (AvgIpc) is 2.62. The van der Waals surface area contributed by atoms with Crippen molar-refractivity contribution in [1.82, 2.24) is 0 Å². The van der Waals surface area contributed by atoms with Crippen molar-refractivity contribution in [2.45, 2.75) is 20.2 Å². The lowest BCUT2D eigenvalue weighted by Crippen LogP contribution is -2.67. The summed E-state index contributed by atoms with van der Waals surface area (Å²) < 4.78 is 0. The van der Waals surface area contributed by atoms with Gasteiger partial charge < -0.3 is 0 Å². The van der Waals surface area contributed by atoms with Gasteiger partial charge in [0.1, 0.15) is 0 Å². The highest BCUT2D eigenvalue weighted by Gasteiger charge is 2.30. The SMILES string of the molecule is CC(C)C[B-](c1ccccc1)(c1ccccc1)c1ccccc1. The van der Waals surface area contributed by atoms with Gasteiger partial charge in [0.15, 0.2) is 0 Å². The molecule has 0 fully saturated rings. The summed E-state index contributed by atoms with van der Waals surface area (Å²) in [4.78, 5) is 0. The Bertz CT molecular complexity index is 621. The van der Waals surface area contributed by atoms with E-state index in [2.05, 4.69) is 105 Å². The zero-order valence-corrected chi connectivity index (χ0v) is 14.0. The topological polar surface area (TPSA) is 0 Å². The molecule has 116 valence electrons. The van der Waals surface area contributed by atoms with Gasteiger partial charge in [-0.2, -0.15) is 22.7 Å². The molecule has 3 aromatic rings. The fraction of sp³-hybridized carbons (Fsp3) is 0.182. The van der Waals surface area contributed by atoms with Crippen molar-refractivity contribution >= 4 is 22.5 Å². The Morgan fingerprint density at radius 2 is 0.870 bits per heavy atom. The number of hydrogen-bond donors (Lipinski definition) is 0. The molecule has 0 N–H and O–H groups in total. The fourth-order valence-corrected chi connectivity index (χ4v) is 4.04. The van der Waals surface area contributed by atoms with Gasteiger partial charge in [-0.3, -0.25) is 0 Å². The molecule has 0 aromatic heterocycles. The zero-order valence-electron chi connectivity index (χ0n) is 14.0. The quantitative estimate of drug-likeness (QED) is 0.628. The first-order chi connectivity index (χ1) is 11.2. The van der Waals surface area contributed by atoms with E-state index in [9.17, 15) is 0 Å². The highest BCUT2D eigenvalue weighted by Crippen LogP contribution is 2.18. The van der Waals surface area contributed by atoms with Crippen molar-refractivity contribution in [1.29, 1.82) is 0 Å². The summed E-state index contributed by atoms with van der Waals surface area (Å²) >= 11 is 0. The summed E-state index contributed by atoms with van der Waals surface area (Å²) in [6.45, 7) is 4.65. The first-order valence-corrected chi connectivity index (χ1v) is 8.57. The summed E-state index contributed by atoms with van der Waals surface area (Å²) in [5, 5.41) is 0. The molecule has 0 saturated carbocycles. The van der Waals surface area contributed by atoms with Gasteiger partial charge in [0.25, 0.3) is 0 Å². The van der Waals surface area contributed by atoms with E-state index in [1.165, 1.54) is 16.4 Å². The Balaban J connectivity index is 2.30. The largest absolute Gasteiger partial charge is 0.200 e. The lowest BCUT2D eigenvalue weighted by molar-refractivity contribution is 0.726. The molecule has 23 heavy (non-hydrogen) atoms. The van der Waals surface area contributed by atoms with Gasteiger partial charge in [0, 0.05) is 0 Å². The van der Waals surface area contributed by atoms with Crippen molar-refractivity contribution in [3.63, 3.8) is 0 Å². The fourth-order valence-electron chi connectivity index (χ4n) is 4.04. The molecule has 3 rings (SSSR count). The smallest absolute Gasteiger partial charge is 0.0817 e. The standard InChI is InChI=1S/C22H24B/c1-19(2)18-23(20-12-6-3-7-13-20,21-14-8-4-9-15-21)22-16-10-5-11-17-22/h3-17,19H,18H2,1-2H3/q-1. The lowest BCUT2D eigenvalue weighted by Gasteiger charge is -2.44. The number of rotatable bonds is 5. The molecule has 0 amide bonds. The van der Waals surface area contributed by atoms with Crippen LogP contribution in [0.15, 0.2) is 91.0 Å². The second-order valence-electron chi connectivity index (χ2n) is 6.91. The van der Waals surface area contributed by atoms with Crippen molar-refractivity contribution in [2.24, 2.45) is 5.92 Å². The zero-order chi connectivity index (χ0) is 16.1. The molecule has 0 unspecified atom stereocenters. The predicted octanol–water partition coefficient (Wildman–Crippen LogP) is 3.81. The van der Waals surface area contributed by atoms with Crippen LogP contribution in [0.5, 0.6) is 0 Å². The summed E-state index contributed by atoms with van der Waals surface area (Å²) in [7, 11) is 0. The van der Waals surface area contributed by atoms with Crippen LogP contribution in [0.3, 0.4) is 0 Å². The van der Waals surface area contributed by atoms with E-state index in [4.69, 9.17) is 0 Å². The molecule has 0 aliphatic rings. The maximum absolute atomic E-state index is 2.32. The lowest BCUT2D eigenvalue weighted by atomic mass is 9.13. The predicted molar refractivity (Wildman–Crippen MR) is 104 cm³/mol. The molecule has 1 heteroatoms. The second kappa shape index (κ2) is 6.87. The van der Waals surface area contributed by atoms with E-state index in [0.29, 0.717) is 5.92 Å². The summed E-state index contributed by atoms with van der Waals surface area (Å²) in [6.07, 6.45) is 0.202. The van der Waals surface area contributed by atoms with Gasteiger partial charge in [-0.25, -0.2) is 0 Å². The summed E-state index contributed by atoms with van der Waals surface area (Å²) in [5.41, 5.74) is 4.29. The van der Waals surface area contributed by atoms with Crippen molar-refractivity contribution in [3.05, 3.63) is 91.0 Å². The van der Waals surface area contributed by atoms with Crippen molar-refractivity contribution < 1.29 is 0 Å². The molecule has 0 bridgehead atoms. The van der Waals surface area contributed by atoms with Crippen molar-refractivity contribution in [3.8, 4) is 0 Å². The molecule has 0 saturated heterocycles. The van der Waals surface area contributed by atoms with Crippen LogP contribution in [0.25, 0.3) is 0 Å². The first-order valence-electron chi connectivity index (χ1n) is 8.57. The van der Waals surface area contributed by atoms with Crippen LogP contribution in [0, 0.1) is 5.92 Å². The molecule has 0 radical (unpaired) electrons. The van der Waals surface area contributed by atoms with E-state index in [1.54, 1.807) is 0 Å². The Morgan fingerprint density at radius 1 is 0.565 bits per heavy atom. The molecular formula is C22H24B-. The minimum atomic E-state index is -0.949.